The minimum absolute atomic E-state index is 0.363. The number of ether oxygens (including phenoxy) is 2. The van der Waals surface area contributed by atoms with Gasteiger partial charge >= 0.3 is 0 Å². The molecule has 5 heteroatoms. The summed E-state index contributed by atoms with van der Waals surface area (Å²) in [5.41, 5.74) is 0.902. The van der Waals surface area contributed by atoms with Crippen LogP contribution < -0.4 is 9.47 Å². The second kappa shape index (κ2) is 6.77. The predicted octanol–water partition coefficient (Wildman–Crippen LogP) is 3.86. The Balaban J connectivity index is 2.33. The molecule has 1 unspecified atom stereocenters. The van der Waals surface area contributed by atoms with Crippen LogP contribution in [0.3, 0.4) is 0 Å². The second-order valence-corrected chi connectivity index (χ2v) is 5.61. The molecule has 20 heavy (non-hydrogen) atoms. The molecule has 2 rings (SSSR count). The van der Waals surface area contributed by atoms with Gasteiger partial charge in [0.2, 0.25) is 5.24 Å². The van der Waals surface area contributed by atoms with Crippen LogP contribution in [-0.2, 0) is 11.2 Å². The van der Waals surface area contributed by atoms with Gasteiger partial charge in [0.25, 0.3) is 0 Å². The number of hydrogen-bond donors (Lipinski definition) is 0. The third-order valence-electron chi connectivity index (χ3n) is 3.07. The Morgan fingerprint density at radius 2 is 2.10 bits per heavy atom. The molecule has 1 atom stereocenters. The molecule has 0 aliphatic rings. The molecule has 0 aliphatic heterocycles. The minimum atomic E-state index is -0.364. The van der Waals surface area contributed by atoms with Crippen LogP contribution in [0.25, 0.3) is 0 Å². The summed E-state index contributed by atoms with van der Waals surface area (Å²) in [6.07, 6.45) is 0.489. The second-order valence-electron chi connectivity index (χ2n) is 4.25. The minimum Gasteiger partial charge on any atom is -0.497 e. The molecule has 0 bridgehead atoms. The van der Waals surface area contributed by atoms with Crippen LogP contribution in [-0.4, -0.2) is 19.5 Å². The van der Waals surface area contributed by atoms with E-state index in [0.717, 1.165) is 21.9 Å². The van der Waals surface area contributed by atoms with Crippen molar-refractivity contribution >= 4 is 28.2 Å². The lowest BCUT2D eigenvalue weighted by atomic mass is 9.98. The zero-order valence-electron chi connectivity index (χ0n) is 11.3. The molecule has 3 nitrogen and oxygen atoms in total. The van der Waals surface area contributed by atoms with Gasteiger partial charge in [-0.05, 0) is 53.2 Å². The molecular formula is C15H15ClO3S. The third kappa shape index (κ3) is 3.32. The van der Waals surface area contributed by atoms with Gasteiger partial charge in [0.15, 0.2) is 0 Å². The third-order valence-corrected chi connectivity index (χ3v) is 4.32. The number of carbonyl (C=O) groups is 1. The van der Waals surface area contributed by atoms with E-state index in [0.29, 0.717) is 6.42 Å². The number of rotatable bonds is 6. The largest absolute Gasteiger partial charge is 0.497 e. The van der Waals surface area contributed by atoms with Crippen LogP contribution in [0.5, 0.6) is 11.5 Å². The number of halogens is 1. The van der Waals surface area contributed by atoms with Crippen LogP contribution >= 0.6 is 22.9 Å². The number of methoxy groups -OCH3 is 2. The Morgan fingerprint density at radius 1 is 1.30 bits per heavy atom. The standard InChI is InChI=1S/C15H15ClO3S/c1-18-11-5-6-13(19-2)10(8-11)9-12(15(16)17)14-4-3-7-20-14/h3-8,12H,9H2,1-2H3. The van der Waals surface area contributed by atoms with Gasteiger partial charge in [-0.2, -0.15) is 0 Å². The van der Waals surface area contributed by atoms with Crippen molar-refractivity contribution in [1.29, 1.82) is 0 Å². The highest BCUT2D eigenvalue weighted by Crippen LogP contribution is 2.32. The molecule has 0 saturated carbocycles. The lowest BCUT2D eigenvalue weighted by Gasteiger charge is -2.14. The quantitative estimate of drug-likeness (QED) is 0.760. The maximum Gasteiger partial charge on any atom is 0.230 e. The molecular weight excluding hydrogens is 296 g/mol. The van der Waals surface area contributed by atoms with E-state index in [1.807, 2.05) is 35.7 Å². The van der Waals surface area contributed by atoms with Gasteiger partial charge in [-0.15, -0.1) is 11.3 Å². The van der Waals surface area contributed by atoms with Crippen molar-refractivity contribution in [3.8, 4) is 11.5 Å². The van der Waals surface area contributed by atoms with E-state index < -0.39 is 0 Å². The van der Waals surface area contributed by atoms with E-state index in [4.69, 9.17) is 21.1 Å². The van der Waals surface area contributed by atoms with E-state index in [2.05, 4.69) is 0 Å². The van der Waals surface area contributed by atoms with Gasteiger partial charge < -0.3 is 9.47 Å². The van der Waals surface area contributed by atoms with Crippen molar-refractivity contribution in [3.63, 3.8) is 0 Å². The molecule has 1 heterocycles. The average Bonchev–Trinajstić information content (AvgIpc) is 2.97. The Kier molecular flexibility index (Phi) is 5.04. The van der Waals surface area contributed by atoms with Crippen LogP contribution in [0, 0.1) is 0 Å². The predicted molar refractivity (Wildman–Crippen MR) is 81.2 cm³/mol. The zero-order valence-corrected chi connectivity index (χ0v) is 12.8. The first-order valence-electron chi connectivity index (χ1n) is 6.09. The van der Waals surface area contributed by atoms with Crippen molar-refractivity contribution < 1.29 is 14.3 Å². The smallest absolute Gasteiger partial charge is 0.230 e. The number of thiophene rings is 1. The first kappa shape index (κ1) is 14.9. The van der Waals surface area contributed by atoms with E-state index in [1.165, 1.54) is 11.3 Å². The average molecular weight is 311 g/mol. The van der Waals surface area contributed by atoms with Gasteiger partial charge in [0, 0.05) is 4.88 Å². The molecule has 0 aliphatic carbocycles. The first-order valence-corrected chi connectivity index (χ1v) is 7.35. The lowest BCUT2D eigenvalue weighted by Crippen LogP contribution is -2.09. The highest BCUT2D eigenvalue weighted by atomic mass is 35.5. The zero-order chi connectivity index (χ0) is 14.5. The number of carbonyl (C=O) groups excluding carboxylic acids is 1. The van der Waals surface area contributed by atoms with E-state index in [9.17, 15) is 4.79 Å². The fraction of sp³-hybridized carbons (Fsp3) is 0.267. The summed E-state index contributed by atoms with van der Waals surface area (Å²) < 4.78 is 10.6. The maximum absolute atomic E-state index is 11.7. The van der Waals surface area contributed by atoms with Crippen LogP contribution in [0.2, 0.25) is 0 Å². The summed E-state index contributed by atoms with van der Waals surface area (Å²) in [5, 5.41) is 1.57. The molecule has 0 saturated heterocycles. The van der Waals surface area contributed by atoms with Gasteiger partial charge in [-0.3, -0.25) is 4.79 Å². The fourth-order valence-corrected chi connectivity index (χ4v) is 3.13. The molecule has 1 aromatic carbocycles. The highest BCUT2D eigenvalue weighted by Gasteiger charge is 2.22. The van der Waals surface area contributed by atoms with Crippen LogP contribution in [0.4, 0.5) is 0 Å². The van der Waals surface area contributed by atoms with Crippen molar-refractivity contribution in [2.24, 2.45) is 0 Å². The van der Waals surface area contributed by atoms with Crippen molar-refractivity contribution in [1.82, 2.24) is 0 Å². The Hall–Kier alpha value is -1.52. The van der Waals surface area contributed by atoms with Crippen molar-refractivity contribution in [2.45, 2.75) is 12.3 Å². The summed E-state index contributed by atoms with van der Waals surface area (Å²) >= 11 is 7.27. The summed E-state index contributed by atoms with van der Waals surface area (Å²) in [4.78, 5) is 12.7. The summed E-state index contributed by atoms with van der Waals surface area (Å²) in [6, 6.07) is 9.36. The summed E-state index contributed by atoms with van der Waals surface area (Å²) in [7, 11) is 3.21. The monoisotopic (exact) mass is 310 g/mol. The van der Waals surface area contributed by atoms with Crippen LogP contribution in [0.1, 0.15) is 16.4 Å². The molecule has 0 N–H and O–H groups in total. The Labute approximate surface area is 127 Å². The Morgan fingerprint density at radius 3 is 2.65 bits per heavy atom. The van der Waals surface area contributed by atoms with E-state index in [-0.39, 0.29) is 11.2 Å². The first-order chi connectivity index (χ1) is 9.65. The molecule has 0 amide bonds. The van der Waals surface area contributed by atoms with Gasteiger partial charge in [0.1, 0.15) is 11.5 Å². The summed E-state index contributed by atoms with van der Waals surface area (Å²) in [6.45, 7) is 0. The number of hydrogen-bond acceptors (Lipinski definition) is 4. The van der Waals surface area contributed by atoms with E-state index in [1.54, 1.807) is 14.2 Å². The summed E-state index contributed by atoms with van der Waals surface area (Å²) in [5.74, 6) is 1.09. The SMILES string of the molecule is COc1ccc(OC)c(CC(C(=O)Cl)c2cccs2)c1. The topological polar surface area (TPSA) is 35.5 Å². The lowest BCUT2D eigenvalue weighted by molar-refractivity contribution is -0.112. The normalized spacial score (nSPS) is 11.9. The van der Waals surface area contributed by atoms with E-state index >= 15 is 0 Å². The Bertz CT molecular complexity index is 581. The van der Waals surface area contributed by atoms with Crippen molar-refractivity contribution in [3.05, 3.63) is 46.2 Å². The van der Waals surface area contributed by atoms with Gasteiger partial charge in [-0.25, -0.2) is 0 Å². The molecule has 0 fully saturated rings. The molecule has 106 valence electrons. The van der Waals surface area contributed by atoms with Crippen LogP contribution in [0.15, 0.2) is 35.7 Å². The molecule has 2 aromatic rings. The highest BCUT2D eigenvalue weighted by molar-refractivity contribution is 7.10. The molecule has 0 radical (unpaired) electrons. The van der Waals surface area contributed by atoms with Crippen molar-refractivity contribution in [2.75, 3.05) is 14.2 Å². The van der Waals surface area contributed by atoms with Gasteiger partial charge in [0.05, 0.1) is 20.1 Å². The molecule has 0 spiro atoms. The fourth-order valence-electron chi connectivity index (χ4n) is 2.04. The molecule has 1 aromatic heterocycles. The van der Waals surface area contributed by atoms with Gasteiger partial charge in [-0.1, -0.05) is 6.07 Å². The number of benzene rings is 1. The maximum atomic E-state index is 11.7.